The smallest absolute Gasteiger partial charge is 0.0440 e. The van der Waals surface area contributed by atoms with Crippen LogP contribution in [0.1, 0.15) is 17.5 Å². The van der Waals surface area contributed by atoms with Crippen LogP contribution in [0.5, 0.6) is 0 Å². The molecule has 0 spiro atoms. The summed E-state index contributed by atoms with van der Waals surface area (Å²) in [5.74, 6) is 0. The zero-order chi connectivity index (χ0) is 25.5. The topological polar surface area (TPSA) is 0 Å². The molecular formula is C38H24S. The minimum absolute atomic E-state index is 1.11. The molecule has 0 bridgehead atoms. The first-order chi connectivity index (χ1) is 19.3. The van der Waals surface area contributed by atoms with Crippen LogP contribution in [-0.4, -0.2) is 0 Å². The molecule has 7 aromatic carbocycles. The lowest BCUT2D eigenvalue weighted by atomic mass is 9.85. The van der Waals surface area contributed by atoms with E-state index in [0.717, 1.165) is 12.8 Å². The molecule has 1 heteroatoms. The van der Waals surface area contributed by atoms with E-state index in [4.69, 9.17) is 0 Å². The van der Waals surface area contributed by atoms with E-state index >= 15 is 0 Å². The Labute approximate surface area is 230 Å². The standard InChI is InChI=1S/C38H24S/c1-2-9-29-27(7-1)28-8-3-4-10-30(28)35-22-26(18-19-31(29)35)25-16-14-23-13-15-24-17-20-33-32-11-5-6-12-36(32)39-38(33)37(24)34(23)21-25/h1-2,4-7,9-22H,3,8H2. The first-order valence-corrected chi connectivity index (χ1v) is 14.6. The van der Waals surface area contributed by atoms with Crippen molar-refractivity contribution >= 4 is 80.7 Å². The number of hydrogen-bond acceptors (Lipinski definition) is 1. The lowest BCUT2D eigenvalue weighted by Gasteiger charge is -2.18. The van der Waals surface area contributed by atoms with Gasteiger partial charge in [0.1, 0.15) is 0 Å². The molecule has 1 aromatic heterocycles. The fraction of sp³-hybridized carbons (Fsp3) is 0.0526. The van der Waals surface area contributed by atoms with Crippen molar-refractivity contribution in [1.29, 1.82) is 0 Å². The van der Waals surface area contributed by atoms with Crippen molar-refractivity contribution in [3.8, 4) is 11.1 Å². The molecule has 8 aromatic rings. The highest BCUT2D eigenvalue weighted by molar-refractivity contribution is 7.26. The predicted octanol–water partition coefficient (Wildman–Crippen LogP) is 11.3. The maximum absolute atomic E-state index is 2.43. The highest BCUT2D eigenvalue weighted by atomic mass is 32.1. The summed E-state index contributed by atoms with van der Waals surface area (Å²) in [5, 5.41) is 13.5. The van der Waals surface area contributed by atoms with E-state index in [1.807, 2.05) is 11.3 Å². The Morgan fingerprint density at radius 1 is 0.513 bits per heavy atom. The Bertz CT molecular complexity index is 2330. The van der Waals surface area contributed by atoms with E-state index in [1.54, 1.807) is 0 Å². The Kier molecular flexibility index (Phi) is 4.42. The van der Waals surface area contributed by atoms with Crippen LogP contribution < -0.4 is 0 Å². The van der Waals surface area contributed by atoms with Crippen LogP contribution in [0.3, 0.4) is 0 Å². The number of aryl methyl sites for hydroxylation is 1. The molecule has 0 radical (unpaired) electrons. The second-order valence-electron chi connectivity index (χ2n) is 10.8. The quantitative estimate of drug-likeness (QED) is 0.192. The maximum Gasteiger partial charge on any atom is 0.0440 e. The molecule has 0 saturated carbocycles. The van der Waals surface area contributed by atoms with Crippen molar-refractivity contribution in [2.75, 3.05) is 0 Å². The third kappa shape index (κ3) is 3.05. The van der Waals surface area contributed by atoms with Gasteiger partial charge in [0.2, 0.25) is 0 Å². The first-order valence-electron chi connectivity index (χ1n) is 13.7. The van der Waals surface area contributed by atoms with Gasteiger partial charge in [0.25, 0.3) is 0 Å². The lowest BCUT2D eigenvalue weighted by Crippen LogP contribution is -1.98. The monoisotopic (exact) mass is 512 g/mol. The molecule has 1 heterocycles. The van der Waals surface area contributed by atoms with E-state index in [1.165, 1.54) is 85.5 Å². The number of fused-ring (bicyclic) bond motifs is 13. The van der Waals surface area contributed by atoms with Crippen molar-refractivity contribution in [2.24, 2.45) is 0 Å². The maximum atomic E-state index is 2.43. The fourth-order valence-electron chi connectivity index (χ4n) is 6.86. The Hall–Kier alpha value is -4.46. The van der Waals surface area contributed by atoms with Gasteiger partial charge in [0.15, 0.2) is 0 Å². The normalized spacial score (nSPS) is 13.3. The minimum Gasteiger partial charge on any atom is -0.135 e. The van der Waals surface area contributed by atoms with Gasteiger partial charge in [-0.3, -0.25) is 0 Å². The van der Waals surface area contributed by atoms with Gasteiger partial charge in [-0.15, -0.1) is 11.3 Å². The average Bonchev–Trinajstić information content (AvgIpc) is 3.39. The third-order valence-electron chi connectivity index (χ3n) is 8.70. The number of thiophene rings is 1. The van der Waals surface area contributed by atoms with Gasteiger partial charge in [-0.1, -0.05) is 103 Å². The van der Waals surface area contributed by atoms with E-state index in [0.29, 0.717) is 0 Å². The van der Waals surface area contributed by atoms with Gasteiger partial charge in [0, 0.05) is 25.6 Å². The van der Waals surface area contributed by atoms with Crippen molar-refractivity contribution < 1.29 is 0 Å². The Morgan fingerprint density at radius 3 is 2.10 bits per heavy atom. The second kappa shape index (κ2) is 8.02. The van der Waals surface area contributed by atoms with Crippen LogP contribution in [0.4, 0.5) is 0 Å². The Balaban J connectivity index is 1.33. The lowest BCUT2D eigenvalue weighted by molar-refractivity contribution is 1.00. The van der Waals surface area contributed by atoms with Crippen LogP contribution in [0.25, 0.3) is 80.5 Å². The van der Waals surface area contributed by atoms with Crippen molar-refractivity contribution in [1.82, 2.24) is 0 Å². The summed E-state index contributed by atoms with van der Waals surface area (Å²) >= 11 is 1.92. The van der Waals surface area contributed by atoms with Gasteiger partial charge in [-0.25, -0.2) is 0 Å². The summed E-state index contributed by atoms with van der Waals surface area (Å²) in [4.78, 5) is 0. The molecule has 39 heavy (non-hydrogen) atoms. The number of hydrogen-bond donors (Lipinski definition) is 0. The molecule has 1 aliphatic rings. The molecule has 0 N–H and O–H groups in total. The molecule has 0 unspecified atom stereocenters. The molecule has 0 fully saturated rings. The summed E-state index contributed by atoms with van der Waals surface area (Å²) in [6.45, 7) is 0. The molecule has 0 saturated heterocycles. The molecule has 182 valence electrons. The van der Waals surface area contributed by atoms with E-state index < -0.39 is 0 Å². The van der Waals surface area contributed by atoms with Gasteiger partial charge in [0.05, 0.1) is 0 Å². The Morgan fingerprint density at radius 2 is 1.18 bits per heavy atom. The fourth-order valence-corrected chi connectivity index (χ4v) is 8.13. The molecule has 0 atom stereocenters. The van der Waals surface area contributed by atoms with Gasteiger partial charge in [-0.2, -0.15) is 0 Å². The zero-order valence-electron chi connectivity index (χ0n) is 21.4. The predicted molar refractivity (Wildman–Crippen MR) is 172 cm³/mol. The number of allylic oxidation sites excluding steroid dienone is 1. The van der Waals surface area contributed by atoms with Crippen molar-refractivity contribution in [2.45, 2.75) is 12.8 Å². The summed E-state index contributed by atoms with van der Waals surface area (Å²) in [6.07, 6.45) is 6.91. The highest BCUT2D eigenvalue weighted by Crippen LogP contribution is 2.43. The van der Waals surface area contributed by atoms with Crippen LogP contribution >= 0.6 is 11.3 Å². The van der Waals surface area contributed by atoms with Crippen LogP contribution in [0.15, 0.2) is 115 Å². The molecule has 9 rings (SSSR count). The SMILES string of the molecule is C1=Cc2c(c3ccccc3c3ccc(-c4ccc5ccc6ccc7c8ccccc8sc7c6c5c4)cc23)CC1. The summed E-state index contributed by atoms with van der Waals surface area (Å²) in [5.41, 5.74) is 5.45. The molecule has 0 amide bonds. The summed E-state index contributed by atoms with van der Waals surface area (Å²) in [6, 6.07) is 41.0. The highest BCUT2D eigenvalue weighted by Gasteiger charge is 2.16. The molecule has 1 aliphatic carbocycles. The van der Waals surface area contributed by atoms with Crippen LogP contribution in [0.2, 0.25) is 0 Å². The van der Waals surface area contributed by atoms with E-state index in [2.05, 4.69) is 121 Å². The summed E-state index contributed by atoms with van der Waals surface area (Å²) < 4.78 is 2.74. The second-order valence-corrected chi connectivity index (χ2v) is 11.8. The summed E-state index contributed by atoms with van der Waals surface area (Å²) in [7, 11) is 0. The largest absolute Gasteiger partial charge is 0.135 e. The first kappa shape index (κ1) is 21.5. The third-order valence-corrected chi connectivity index (χ3v) is 9.90. The zero-order valence-corrected chi connectivity index (χ0v) is 22.2. The van der Waals surface area contributed by atoms with Crippen LogP contribution in [0, 0.1) is 0 Å². The molecule has 0 aliphatic heterocycles. The van der Waals surface area contributed by atoms with Gasteiger partial charge < -0.3 is 0 Å². The van der Waals surface area contributed by atoms with Gasteiger partial charge >= 0.3 is 0 Å². The average molecular weight is 513 g/mol. The number of rotatable bonds is 1. The van der Waals surface area contributed by atoms with Crippen LogP contribution in [-0.2, 0) is 6.42 Å². The molecule has 0 nitrogen and oxygen atoms in total. The van der Waals surface area contributed by atoms with Crippen molar-refractivity contribution in [3.63, 3.8) is 0 Å². The molecular weight excluding hydrogens is 488 g/mol. The van der Waals surface area contributed by atoms with E-state index in [9.17, 15) is 0 Å². The van der Waals surface area contributed by atoms with Gasteiger partial charge in [-0.05, 0) is 91.0 Å². The van der Waals surface area contributed by atoms with E-state index in [-0.39, 0.29) is 0 Å². The minimum atomic E-state index is 1.11. The number of benzene rings is 7. The van der Waals surface area contributed by atoms with Crippen molar-refractivity contribution in [3.05, 3.63) is 126 Å².